The Morgan fingerprint density at radius 3 is 2.91 bits per heavy atom. The summed E-state index contributed by atoms with van der Waals surface area (Å²) in [5.41, 5.74) is 2.92. The van der Waals surface area contributed by atoms with Crippen LogP contribution in [0.1, 0.15) is 16.1 Å². The summed E-state index contributed by atoms with van der Waals surface area (Å²) < 4.78 is 7.01. The molecule has 1 atom stereocenters. The molecule has 120 valence electrons. The van der Waals surface area contributed by atoms with Gasteiger partial charge in [0.1, 0.15) is 12.3 Å². The fourth-order valence-electron chi connectivity index (χ4n) is 3.51. The van der Waals surface area contributed by atoms with Crippen LogP contribution in [0.25, 0.3) is 10.9 Å². The quantitative estimate of drug-likeness (QED) is 0.806. The molecule has 2 saturated heterocycles. The van der Waals surface area contributed by atoms with E-state index >= 15 is 0 Å². The van der Waals surface area contributed by atoms with E-state index < -0.39 is 0 Å². The van der Waals surface area contributed by atoms with E-state index in [4.69, 9.17) is 4.74 Å². The number of amides is 2. The highest BCUT2D eigenvalue weighted by atomic mass is 16.6. The molecule has 4 rings (SSSR count). The van der Waals surface area contributed by atoms with Gasteiger partial charge in [-0.25, -0.2) is 4.79 Å². The molecule has 0 saturated carbocycles. The number of hydrogen-bond donors (Lipinski definition) is 0. The monoisotopic (exact) mass is 313 g/mol. The number of carbonyl (C=O) groups excluding carboxylic acids is 2. The summed E-state index contributed by atoms with van der Waals surface area (Å²) in [6, 6.07) is 8.12. The molecule has 0 aliphatic carbocycles. The van der Waals surface area contributed by atoms with E-state index in [2.05, 4.69) is 12.1 Å². The third-order valence-corrected chi connectivity index (χ3v) is 4.82. The molecular formula is C17H19N3O3. The summed E-state index contributed by atoms with van der Waals surface area (Å²) in [6.07, 6.45) is -0.262. The Hall–Kier alpha value is -2.50. The predicted molar refractivity (Wildman–Crippen MR) is 85.4 cm³/mol. The van der Waals surface area contributed by atoms with E-state index in [0.29, 0.717) is 31.9 Å². The molecule has 23 heavy (non-hydrogen) atoms. The number of ether oxygens (including phenoxy) is 1. The summed E-state index contributed by atoms with van der Waals surface area (Å²) in [6.45, 7) is 4.04. The first-order valence-electron chi connectivity index (χ1n) is 7.83. The van der Waals surface area contributed by atoms with Crippen LogP contribution in [0.15, 0.2) is 24.3 Å². The van der Waals surface area contributed by atoms with Gasteiger partial charge in [-0.05, 0) is 25.1 Å². The Morgan fingerprint density at radius 1 is 1.26 bits per heavy atom. The first kappa shape index (κ1) is 14.1. The maximum atomic E-state index is 12.9. The molecule has 0 radical (unpaired) electrons. The predicted octanol–water partition coefficient (Wildman–Crippen LogP) is 1.76. The van der Waals surface area contributed by atoms with Gasteiger partial charge in [0.2, 0.25) is 0 Å². The highest BCUT2D eigenvalue weighted by Gasteiger charge is 2.39. The van der Waals surface area contributed by atoms with Gasteiger partial charge in [0.05, 0.1) is 6.04 Å². The van der Waals surface area contributed by atoms with Crippen LogP contribution < -0.4 is 0 Å². The van der Waals surface area contributed by atoms with E-state index in [1.165, 1.54) is 5.56 Å². The van der Waals surface area contributed by atoms with Gasteiger partial charge in [-0.3, -0.25) is 9.69 Å². The zero-order valence-corrected chi connectivity index (χ0v) is 13.3. The summed E-state index contributed by atoms with van der Waals surface area (Å²) in [5, 5.41) is 1.08. The zero-order chi connectivity index (χ0) is 16.1. The zero-order valence-electron chi connectivity index (χ0n) is 13.3. The van der Waals surface area contributed by atoms with Crippen LogP contribution in [-0.2, 0) is 11.8 Å². The molecule has 0 bridgehead atoms. The van der Waals surface area contributed by atoms with E-state index in [1.807, 2.05) is 35.6 Å². The Kier molecular flexibility index (Phi) is 3.07. The third-order valence-electron chi connectivity index (χ3n) is 4.82. The lowest BCUT2D eigenvalue weighted by Gasteiger charge is -2.35. The highest BCUT2D eigenvalue weighted by Crippen LogP contribution is 2.23. The van der Waals surface area contributed by atoms with E-state index in [-0.39, 0.29) is 18.0 Å². The number of benzene rings is 1. The van der Waals surface area contributed by atoms with Gasteiger partial charge in [-0.1, -0.05) is 11.6 Å². The summed E-state index contributed by atoms with van der Waals surface area (Å²) in [4.78, 5) is 28.0. The molecule has 2 aliphatic heterocycles. The Morgan fingerprint density at radius 2 is 2.09 bits per heavy atom. The topological polar surface area (TPSA) is 54.8 Å². The van der Waals surface area contributed by atoms with Crippen LogP contribution in [0.4, 0.5) is 4.79 Å². The lowest BCUT2D eigenvalue weighted by Crippen LogP contribution is -2.53. The van der Waals surface area contributed by atoms with Crippen molar-refractivity contribution in [3.63, 3.8) is 0 Å². The SMILES string of the molecule is Cc1ccc2c(c1)cc(C(=O)N1CCN3C(=O)OCC3C1)n2C. The Balaban J connectivity index is 1.62. The van der Waals surface area contributed by atoms with Crippen molar-refractivity contribution in [2.45, 2.75) is 13.0 Å². The van der Waals surface area contributed by atoms with Crippen molar-refractivity contribution in [2.75, 3.05) is 26.2 Å². The van der Waals surface area contributed by atoms with Crippen LogP contribution >= 0.6 is 0 Å². The normalized spacial score (nSPS) is 20.8. The fraction of sp³-hybridized carbons (Fsp3) is 0.412. The molecule has 1 aromatic carbocycles. The van der Waals surface area contributed by atoms with Gasteiger partial charge >= 0.3 is 6.09 Å². The van der Waals surface area contributed by atoms with E-state index in [0.717, 1.165) is 10.9 Å². The Labute approximate surface area is 134 Å². The number of cyclic esters (lactones) is 1. The molecule has 0 N–H and O–H groups in total. The summed E-state index contributed by atoms with van der Waals surface area (Å²) >= 11 is 0. The van der Waals surface area contributed by atoms with Crippen molar-refractivity contribution in [1.82, 2.24) is 14.4 Å². The van der Waals surface area contributed by atoms with Crippen molar-refractivity contribution >= 4 is 22.9 Å². The molecule has 2 fully saturated rings. The molecule has 6 nitrogen and oxygen atoms in total. The minimum atomic E-state index is -0.262. The van der Waals surface area contributed by atoms with Gasteiger partial charge in [-0.2, -0.15) is 0 Å². The number of hydrogen-bond acceptors (Lipinski definition) is 3. The van der Waals surface area contributed by atoms with Crippen LogP contribution in [0.3, 0.4) is 0 Å². The average Bonchev–Trinajstić information content (AvgIpc) is 3.07. The molecule has 2 aromatic rings. The number of nitrogens with zero attached hydrogens (tertiary/aromatic N) is 3. The van der Waals surface area contributed by atoms with Crippen LogP contribution in [0, 0.1) is 6.92 Å². The molecule has 6 heteroatoms. The molecule has 3 heterocycles. The number of aryl methyl sites for hydroxylation is 2. The van der Waals surface area contributed by atoms with Gasteiger partial charge in [-0.15, -0.1) is 0 Å². The van der Waals surface area contributed by atoms with Crippen molar-refractivity contribution < 1.29 is 14.3 Å². The van der Waals surface area contributed by atoms with Crippen molar-refractivity contribution in [1.29, 1.82) is 0 Å². The Bertz CT molecular complexity index is 811. The van der Waals surface area contributed by atoms with Crippen LogP contribution in [0.2, 0.25) is 0 Å². The fourth-order valence-corrected chi connectivity index (χ4v) is 3.51. The standard InChI is InChI=1S/C17H19N3O3/c1-11-3-4-14-12(7-11)8-15(18(14)2)16(21)19-5-6-20-13(9-19)10-23-17(20)22/h3-4,7-8,13H,5-6,9-10H2,1-2H3. The van der Waals surface area contributed by atoms with E-state index in [1.54, 1.807) is 4.90 Å². The van der Waals surface area contributed by atoms with Gasteiger partial charge < -0.3 is 14.2 Å². The van der Waals surface area contributed by atoms with Gasteiger partial charge in [0.25, 0.3) is 5.91 Å². The van der Waals surface area contributed by atoms with Crippen molar-refractivity contribution in [3.8, 4) is 0 Å². The maximum Gasteiger partial charge on any atom is 0.410 e. The molecule has 2 amide bonds. The maximum absolute atomic E-state index is 12.9. The third kappa shape index (κ3) is 2.17. The van der Waals surface area contributed by atoms with Gasteiger partial charge in [0, 0.05) is 37.6 Å². The number of fused-ring (bicyclic) bond motifs is 2. The molecule has 2 aliphatic rings. The number of carbonyl (C=O) groups is 2. The number of rotatable bonds is 1. The number of aromatic nitrogens is 1. The molecule has 1 unspecified atom stereocenters. The van der Waals surface area contributed by atoms with Crippen molar-refractivity contribution in [3.05, 3.63) is 35.5 Å². The molecule has 0 spiro atoms. The minimum Gasteiger partial charge on any atom is -0.447 e. The second kappa shape index (κ2) is 5.01. The molecular weight excluding hydrogens is 294 g/mol. The van der Waals surface area contributed by atoms with Crippen molar-refractivity contribution in [2.24, 2.45) is 7.05 Å². The average molecular weight is 313 g/mol. The van der Waals surface area contributed by atoms with Crippen LogP contribution in [-0.4, -0.2) is 58.7 Å². The lowest BCUT2D eigenvalue weighted by molar-refractivity contribution is 0.0608. The van der Waals surface area contributed by atoms with Gasteiger partial charge in [0.15, 0.2) is 0 Å². The summed E-state index contributed by atoms with van der Waals surface area (Å²) in [5.74, 6) is 0.0142. The second-order valence-corrected chi connectivity index (χ2v) is 6.33. The summed E-state index contributed by atoms with van der Waals surface area (Å²) in [7, 11) is 1.92. The van der Waals surface area contributed by atoms with E-state index in [9.17, 15) is 9.59 Å². The second-order valence-electron chi connectivity index (χ2n) is 6.33. The van der Waals surface area contributed by atoms with Crippen LogP contribution in [0.5, 0.6) is 0 Å². The smallest absolute Gasteiger partial charge is 0.410 e. The largest absolute Gasteiger partial charge is 0.447 e. The highest BCUT2D eigenvalue weighted by molar-refractivity contribution is 5.99. The molecule has 1 aromatic heterocycles. The first-order chi connectivity index (χ1) is 11.0. The number of piperazine rings is 1. The lowest BCUT2D eigenvalue weighted by atomic mass is 10.1. The first-order valence-corrected chi connectivity index (χ1v) is 7.83. The minimum absolute atomic E-state index is 0.0142.